The second kappa shape index (κ2) is 22.3. The lowest BCUT2D eigenvalue weighted by atomic mass is 9.35. The number of anilines is 1. The van der Waals surface area contributed by atoms with E-state index in [9.17, 15) is 60.0 Å². The average Bonchev–Trinajstić information content (AvgIpc) is 0.985. The summed E-state index contributed by atoms with van der Waals surface area (Å²) < 4.78 is 12.5. The lowest BCUT2D eigenvalue weighted by Gasteiger charge is -2.71. The summed E-state index contributed by atoms with van der Waals surface area (Å²) >= 11 is 6.23. The Balaban J connectivity index is 0.863. The number of carbonyl (C=O) groups excluding carboxylic acids is 4. The number of carbonyl (C=O) groups is 4. The van der Waals surface area contributed by atoms with Gasteiger partial charge in [-0.2, -0.15) is 0 Å². The minimum Gasteiger partial charge on any atom is -0.508 e. The summed E-state index contributed by atoms with van der Waals surface area (Å²) in [6, 6.07) is 28.0. The van der Waals surface area contributed by atoms with Crippen LogP contribution in [0.2, 0.25) is 0 Å². The summed E-state index contributed by atoms with van der Waals surface area (Å²) in [5, 5.41) is 97.1. The van der Waals surface area contributed by atoms with Crippen molar-refractivity contribution in [3.63, 3.8) is 0 Å². The number of nitrogens with one attached hydrogen (secondary N) is 5. The van der Waals surface area contributed by atoms with Gasteiger partial charge in [0.15, 0.2) is 45.2 Å². The molecule has 12 rings (SSSR count). The van der Waals surface area contributed by atoms with E-state index in [2.05, 4.69) is 26.6 Å². The molecule has 2 aliphatic heterocycles. The topological polar surface area (TPSA) is 309 Å². The van der Waals surface area contributed by atoms with Crippen molar-refractivity contribution in [2.45, 2.75) is 107 Å². The molecule has 0 radical (unpaired) electrons. The van der Waals surface area contributed by atoms with Crippen LogP contribution in [0.15, 0.2) is 109 Å². The largest absolute Gasteiger partial charge is 0.508 e. The number of rotatable bonds is 20. The predicted molar refractivity (Wildman–Crippen MR) is 312 cm³/mol. The molecule has 6 aliphatic rings. The summed E-state index contributed by atoms with van der Waals surface area (Å²) in [7, 11) is 0. The van der Waals surface area contributed by atoms with E-state index in [4.69, 9.17) is 21.7 Å². The molecule has 1 spiro atoms. The van der Waals surface area contributed by atoms with Crippen molar-refractivity contribution in [2.75, 3.05) is 25.0 Å². The van der Waals surface area contributed by atoms with Gasteiger partial charge in [-0.25, -0.2) is 4.79 Å². The fourth-order valence-electron chi connectivity index (χ4n) is 15.0. The third-order valence-corrected chi connectivity index (χ3v) is 18.0. The fourth-order valence-corrected chi connectivity index (χ4v) is 15.4. The highest BCUT2D eigenvalue weighted by atomic mass is 32.1. The maximum atomic E-state index is 14.1. The number of esters is 1. The van der Waals surface area contributed by atoms with Crippen LogP contribution < -0.4 is 31.3 Å². The van der Waals surface area contributed by atoms with E-state index in [0.717, 1.165) is 36.0 Å². The SMILES string of the molecule is O=C(CCC12CC3(CCC(=O)NCCc4ccc(O)c(O)c4)CC(CCC(=O)NCCc4ccc(O)c(O)c4)(C1)CC(NC(=S)Nc1ccc4c(c1)C(=O)OC41c4ccc(O)cc4Oc4cc(O)ccc41)(C2)C3)NCCc1ccc(O)c(O)c1. The molecule has 84 heavy (non-hydrogen) atoms. The van der Waals surface area contributed by atoms with E-state index in [1.165, 1.54) is 60.7 Å². The van der Waals surface area contributed by atoms with Crippen LogP contribution in [0.1, 0.15) is 121 Å². The van der Waals surface area contributed by atoms with E-state index in [0.29, 0.717) is 99.8 Å². The summed E-state index contributed by atoms with van der Waals surface area (Å²) in [4.78, 5) is 55.7. The van der Waals surface area contributed by atoms with Crippen LogP contribution in [0, 0.1) is 16.2 Å². The molecular formula is C64H67N5O14S. The molecule has 4 bridgehead atoms. The molecule has 0 saturated heterocycles. The number of amides is 3. The van der Waals surface area contributed by atoms with Gasteiger partial charge < -0.3 is 76.9 Å². The summed E-state index contributed by atoms with van der Waals surface area (Å²) in [5.41, 5.74) is 0.962. The molecular weight excluding hydrogens is 1090 g/mol. The maximum Gasteiger partial charge on any atom is 0.340 e. The molecule has 438 valence electrons. The van der Waals surface area contributed by atoms with Gasteiger partial charge in [0.1, 0.15) is 23.0 Å². The molecule has 0 atom stereocenters. The predicted octanol–water partition coefficient (Wildman–Crippen LogP) is 8.68. The zero-order chi connectivity index (χ0) is 59.2. The Hall–Kier alpha value is -8.91. The number of phenolic OH excluding ortho intramolecular Hbond substituents is 8. The van der Waals surface area contributed by atoms with Crippen molar-refractivity contribution in [1.82, 2.24) is 21.3 Å². The van der Waals surface area contributed by atoms with Crippen molar-refractivity contribution in [3.05, 3.63) is 148 Å². The molecule has 3 amide bonds. The molecule has 13 N–H and O–H groups in total. The van der Waals surface area contributed by atoms with Gasteiger partial charge in [-0.1, -0.05) is 24.3 Å². The average molecular weight is 1160 g/mol. The Morgan fingerprint density at radius 1 is 0.476 bits per heavy atom. The summed E-state index contributed by atoms with van der Waals surface area (Å²) in [5.74, 6) is -2.14. The van der Waals surface area contributed by atoms with Crippen LogP contribution in [-0.4, -0.2) is 94.8 Å². The van der Waals surface area contributed by atoms with Crippen LogP contribution in [0.25, 0.3) is 0 Å². The maximum absolute atomic E-state index is 14.1. The fraction of sp³-hybridized carbons (Fsp3) is 0.359. The standard InChI is InChI=1S/C64H67N5O14S/c70-41-5-8-45-53(29-41)82-54-30-42(71)6-9-46(54)64(45)44-7-4-40(28-43(44)58(81)83-64)68-59(84)69-63-34-60(19-13-55(78)65-22-16-37-1-10-47(72)50(75)25-37)31-61(35-63,20-14-56(79)66-23-17-38-2-11-48(73)51(76)26-38)33-62(32-60,36-63)21-15-57(80)67-24-18-39-3-12-49(74)52(77)27-39/h1-12,25-30,70-77H,13-24,31-36H2,(H,65,78)(H,66,79)(H,67,80)(H2,68,69,84). The lowest BCUT2D eigenvalue weighted by Crippen LogP contribution is -2.69. The Morgan fingerprint density at radius 3 is 1.29 bits per heavy atom. The van der Waals surface area contributed by atoms with Crippen molar-refractivity contribution >= 4 is 46.7 Å². The normalized spacial score (nSPS) is 21.7. The molecule has 4 aliphatic carbocycles. The van der Waals surface area contributed by atoms with Crippen LogP contribution in [0.3, 0.4) is 0 Å². The summed E-state index contributed by atoms with van der Waals surface area (Å²) in [6.07, 6.45) is 7.46. The van der Waals surface area contributed by atoms with E-state index >= 15 is 0 Å². The molecule has 19 nitrogen and oxygen atoms in total. The zero-order valence-corrected chi connectivity index (χ0v) is 46.9. The number of ether oxygens (including phenoxy) is 2. The Bertz CT molecular complexity index is 3350. The Labute approximate surface area is 489 Å². The molecule has 4 saturated carbocycles. The smallest absolute Gasteiger partial charge is 0.340 e. The highest BCUT2D eigenvalue weighted by Gasteiger charge is 2.68. The van der Waals surface area contributed by atoms with Gasteiger partial charge in [0, 0.05) is 78.9 Å². The summed E-state index contributed by atoms with van der Waals surface area (Å²) in [6.45, 7) is 0.896. The van der Waals surface area contributed by atoms with Crippen LogP contribution in [-0.2, 0) is 44.0 Å². The molecule has 2 heterocycles. The number of fused-ring (bicyclic) bond motifs is 6. The van der Waals surface area contributed by atoms with Gasteiger partial charge in [-0.3, -0.25) is 14.4 Å². The van der Waals surface area contributed by atoms with Gasteiger partial charge in [0.2, 0.25) is 17.7 Å². The van der Waals surface area contributed by atoms with Gasteiger partial charge in [0.25, 0.3) is 0 Å². The molecule has 4 fully saturated rings. The number of phenols is 8. The second-order valence-electron chi connectivity index (χ2n) is 24.0. The molecule has 20 heteroatoms. The monoisotopic (exact) mass is 1160 g/mol. The molecule has 6 aromatic rings. The minimum atomic E-state index is -1.47. The van der Waals surface area contributed by atoms with Crippen molar-refractivity contribution in [1.29, 1.82) is 0 Å². The highest BCUT2D eigenvalue weighted by Crippen LogP contribution is 2.74. The number of aromatic hydroxyl groups is 8. The first-order valence-corrected chi connectivity index (χ1v) is 28.7. The first-order chi connectivity index (χ1) is 40.1. The Morgan fingerprint density at radius 2 is 0.881 bits per heavy atom. The van der Waals surface area contributed by atoms with E-state index in [1.807, 2.05) is 0 Å². The minimum absolute atomic E-state index is 0.0650. The van der Waals surface area contributed by atoms with E-state index < -0.39 is 33.4 Å². The van der Waals surface area contributed by atoms with Crippen molar-refractivity contribution < 1.29 is 69.5 Å². The van der Waals surface area contributed by atoms with Crippen molar-refractivity contribution in [3.8, 4) is 57.5 Å². The second-order valence-corrected chi connectivity index (χ2v) is 24.4. The van der Waals surface area contributed by atoms with Gasteiger partial charge in [-0.05, 0) is 195 Å². The number of benzene rings is 6. The van der Waals surface area contributed by atoms with Crippen LogP contribution in [0.5, 0.6) is 57.5 Å². The first-order valence-electron chi connectivity index (χ1n) is 28.3. The molecule has 0 aromatic heterocycles. The molecule has 6 aromatic carbocycles. The van der Waals surface area contributed by atoms with E-state index in [-0.39, 0.29) is 105 Å². The zero-order valence-electron chi connectivity index (χ0n) is 46.1. The Kier molecular flexibility index (Phi) is 15.1. The van der Waals surface area contributed by atoms with Gasteiger partial charge in [-0.15, -0.1) is 0 Å². The lowest BCUT2D eigenvalue weighted by molar-refractivity contribution is -0.184. The number of hydrogen-bond acceptors (Lipinski definition) is 15. The third kappa shape index (κ3) is 11.6. The first kappa shape index (κ1) is 56.9. The highest BCUT2D eigenvalue weighted by molar-refractivity contribution is 7.80. The van der Waals surface area contributed by atoms with Gasteiger partial charge >= 0.3 is 5.97 Å². The van der Waals surface area contributed by atoms with Crippen LogP contribution >= 0.6 is 12.2 Å². The van der Waals surface area contributed by atoms with Crippen molar-refractivity contribution in [2.24, 2.45) is 16.2 Å². The van der Waals surface area contributed by atoms with Crippen LogP contribution in [0.4, 0.5) is 5.69 Å². The molecule has 0 unspecified atom stereocenters. The number of hydrogen-bond donors (Lipinski definition) is 13. The third-order valence-electron chi connectivity index (χ3n) is 17.8. The number of thiocarbonyl (C=S) groups is 1. The quantitative estimate of drug-likeness (QED) is 0.0193. The van der Waals surface area contributed by atoms with E-state index in [1.54, 1.807) is 48.5 Å². The van der Waals surface area contributed by atoms with Gasteiger partial charge in [0.05, 0.1) is 5.56 Å².